The van der Waals surface area contributed by atoms with E-state index in [1.807, 2.05) is 4.90 Å². The molecule has 0 N–H and O–H groups in total. The van der Waals surface area contributed by atoms with Crippen LogP contribution < -0.4 is 0 Å². The summed E-state index contributed by atoms with van der Waals surface area (Å²) >= 11 is 0. The van der Waals surface area contributed by atoms with E-state index in [2.05, 4.69) is 23.9 Å². The van der Waals surface area contributed by atoms with Gasteiger partial charge in [-0.25, -0.2) is 12.8 Å². The fourth-order valence-corrected chi connectivity index (χ4v) is 7.01. The Labute approximate surface area is 219 Å². The summed E-state index contributed by atoms with van der Waals surface area (Å²) in [6, 6.07) is 6.74. The maximum absolute atomic E-state index is 14.0. The Morgan fingerprint density at radius 3 is 2.46 bits per heavy atom. The monoisotopic (exact) mass is 532 g/mol. The SMILES string of the molecule is CCCC(C)N1CCN(C(=O)C2CCN(S(=O)(=O)c3c(C)noc3/C=C/c3ccccc3F)CC2)CC1. The van der Waals surface area contributed by atoms with Crippen LogP contribution in [0, 0.1) is 18.7 Å². The molecule has 1 amide bonds. The summed E-state index contributed by atoms with van der Waals surface area (Å²) < 4.78 is 47.7. The van der Waals surface area contributed by atoms with Crippen molar-refractivity contribution in [2.45, 2.75) is 57.4 Å². The zero-order valence-electron chi connectivity index (χ0n) is 21.9. The second kappa shape index (κ2) is 11.9. The van der Waals surface area contributed by atoms with E-state index in [0.717, 1.165) is 39.0 Å². The van der Waals surface area contributed by atoms with Gasteiger partial charge in [0, 0.05) is 56.8 Å². The Balaban J connectivity index is 1.38. The molecule has 0 aliphatic carbocycles. The van der Waals surface area contributed by atoms with Crippen LogP contribution >= 0.6 is 0 Å². The van der Waals surface area contributed by atoms with Crippen LogP contribution in [0.15, 0.2) is 33.7 Å². The number of rotatable bonds is 8. The Morgan fingerprint density at radius 2 is 1.81 bits per heavy atom. The van der Waals surface area contributed by atoms with Gasteiger partial charge >= 0.3 is 0 Å². The molecule has 8 nitrogen and oxygen atoms in total. The average molecular weight is 533 g/mol. The molecule has 0 saturated carbocycles. The normalized spacial score (nSPS) is 19.5. The van der Waals surface area contributed by atoms with Gasteiger partial charge < -0.3 is 9.42 Å². The first-order valence-corrected chi connectivity index (χ1v) is 14.6. The van der Waals surface area contributed by atoms with E-state index < -0.39 is 15.8 Å². The van der Waals surface area contributed by atoms with Crippen molar-refractivity contribution in [3.8, 4) is 0 Å². The molecule has 2 fully saturated rings. The summed E-state index contributed by atoms with van der Waals surface area (Å²) in [6.07, 6.45) is 6.18. The molecule has 0 spiro atoms. The number of benzene rings is 1. The van der Waals surface area contributed by atoms with Crippen molar-refractivity contribution in [1.29, 1.82) is 0 Å². The fraction of sp³-hybridized carbons (Fsp3) is 0.556. The van der Waals surface area contributed by atoms with Crippen molar-refractivity contribution in [3.05, 3.63) is 47.1 Å². The summed E-state index contributed by atoms with van der Waals surface area (Å²) in [4.78, 5) is 17.5. The number of carbonyl (C=O) groups is 1. The number of halogens is 1. The topological polar surface area (TPSA) is 87.0 Å². The number of aryl methyl sites for hydroxylation is 1. The third kappa shape index (κ3) is 6.13. The number of sulfonamides is 1. The van der Waals surface area contributed by atoms with Crippen molar-refractivity contribution in [3.63, 3.8) is 0 Å². The second-order valence-corrected chi connectivity index (χ2v) is 11.9. The third-order valence-electron chi connectivity index (χ3n) is 7.51. The zero-order chi connectivity index (χ0) is 26.6. The minimum atomic E-state index is -3.89. The third-order valence-corrected chi connectivity index (χ3v) is 9.57. The Morgan fingerprint density at radius 1 is 1.14 bits per heavy atom. The molecule has 2 saturated heterocycles. The number of nitrogens with zero attached hydrogens (tertiary/aromatic N) is 4. The van der Waals surface area contributed by atoms with Crippen LogP contribution in [0.25, 0.3) is 12.2 Å². The van der Waals surface area contributed by atoms with E-state index in [4.69, 9.17) is 4.52 Å². The van der Waals surface area contributed by atoms with Gasteiger partial charge in [0.2, 0.25) is 15.9 Å². The first-order chi connectivity index (χ1) is 17.7. The van der Waals surface area contributed by atoms with Crippen molar-refractivity contribution < 1.29 is 22.1 Å². The maximum Gasteiger partial charge on any atom is 0.248 e. The molecule has 1 aromatic carbocycles. The molecule has 2 aliphatic rings. The first kappa shape index (κ1) is 27.5. The first-order valence-electron chi connectivity index (χ1n) is 13.1. The van der Waals surface area contributed by atoms with Gasteiger partial charge in [-0.05, 0) is 51.3 Å². The number of carbonyl (C=O) groups excluding carboxylic acids is 1. The van der Waals surface area contributed by atoms with Crippen LogP contribution in [0.4, 0.5) is 4.39 Å². The van der Waals surface area contributed by atoms with Crippen LogP contribution in [-0.2, 0) is 14.8 Å². The summed E-state index contributed by atoms with van der Waals surface area (Å²) in [5, 5.41) is 3.86. The molecule has 0 radical (unpaired) electrons. The van der Waals surface area contributed by atoms with Gasteiger partial charge in [-0.1, -0.05) is 36.7 Å². The largest absolute Gasteiger partial charge is 0.355 e. The van der Waals surface area contributed by atoms with Crippen LogP contribution in [-0.4, -0.2) is 78.9 Å². The average Bonchev–Trinajstić information content (AvgIpc) is 3.29. The predicted molar refractivity (Wildman–Crippen MR) is 141 cm³/mol. The van der Waals surface area contributed by atoms with E-state index in [0.29, 0.717) is 24.4 Å². The maximum atomic E-state index is 14.0. The van der Waals surface area contributed by atoms with E-state index in [9.17, 15) is 17.6 Å². The highest BCUT2D eigenvalue weighted by atomic mass is 32.2. The molecule has 3 heterocycles. The fourth-order valence-electron chi connectivity index (χ4n) is 5.29. The van der Waals surface area contributed by atoms with Gasteiger partial charge in [0.05, 0.1) is 0 Å². The van der Waals surface area contributed by atoms with Gasteiger partial charge in [0.25, 0.3) is 0 Å². The minimum absolute atomic E-state index is 0.0119. The number of aromatic nitrogens is 1. The lowest BCUT2D eigenvalue weighted by molar-refractivity contribution is -0.138. The number of piperidine rings is 1. The van der Waals surface area contributed by atoms with Crippen LogP contribution in [0.3, 0.4) is 0 Å². The van der Waals surface area contributed by atoms with Crippen LogP contribution in [0.5, 0.6) is 0 Å². The van der Waals surface area contributed by atoms with Gasteiger partial charge in [-0.3, -0.25) is 9.69 Å². The lowest BCUT2D eigenvalue weighted by Crippen LogP contribution is -2.53. The van der Waals surface area contributed by atoms with Crippen LogP contribution in [0.1, 0.15) is 56.5 Å². The number of hydrogen-bond donors (Lipinski definition) is 0. The van der Waals surface area contributed by atoms with Gasteiger partial charge in [-0.2, -0.15) is 4.31 Å². The van der Waals surface area contributed by atoms with Gasteiger partial charge in [0.1, 0.15) is 11.5 Å². The van der Waals surface area contributed by atoms with E-state index >= 15 is 0 Å². The zero-order valence-corrected chi connectivity index (χ0v) is 22.7. The lowest BCUT2D eigenvalue weighted by atomic mass is 9.96. The quantitative estimate of drug-likeness (QED) is 0.510. The summed E-state index contributed by atoms with van der Waals surface area (Å²) in [5.41, 5.74) is 0.571. The molecular formula is C27H37FN4O4S. The van der Waals surface area contributed by atoms with E-state index in [-0.39, 0.29) is 41.3 Å². The molecule has 1 unspecified atom stereocenters. The standard InChI is InChI=1S/C27H37FN4O4S/c1-4-7-20(2)30-16-18-31(19-17-30)27(33)23-12-14-32(15-13-23)37(34,35)26-21(3)29-36-25(26)11-10-22-8-5-6-9-24(22)28/h5-6,8-11,20,23H,4,7,12-19H2,1-3H3/b11-10+. The number of amides is 1. The summed E-state index contributed by atoms with van der Waals surface area (Å²) in [6.45, 7) is 9.75. The molecule has 37 heavy (non-hydrogen) atoms. The highest BCUT2D eigenvalue weighted by Crippen LogP contribution is 2.30. The summed E-state index contributed by atoms with van der Waals surface area (Å²) in [5.74, 6) is -0.387. The van der Waals surface area contributed by atoms with Gasteiger partial charge in [0.15, 0.2) is 10.7 Å². The van der Waals surface area contributed by atoms with E-state index in [1.165, 1.54) is 22.5 Å². The van der Waals surface area contributed by atoms with Crippen molar-refractivity contribution in [2.24, 2.45) is 5.92 Å². The molecule has 10 heteroatoms. The molecule has 4 rings (SSSR count). The molecule has 1 aromatic heterocycles. The highest BCUT2D eigenvalue weighted by Gasteiger charge is 2.37. The number of piperazine rings is 1. The van der Waals surface area contributed by atoms with Crippen molar-refractivity contribution in [2.75, 3.05) is 39.3 Å². The predicted octanol–water partition coefficient (Wildman–Crippen LogP) is 4.03. The molecule has 202 valence electrons. The minimum Gasteiger partial charge on any atom is -0.355 e. The Hall–Kier alpha value is -2.56. The van der Waals surface area contributed by atoms with E-state index in [1.54, 1.807) is 25.1 Å². The smallest absolute Gasteiger partial charge is 0.248 e. The Bertz CT molecular complexity index is 1210. The second-order valence-electron chi connectivity index (χ2n) is 9.99. The number of hydrogen-bond acceptors (Lipinski definition) is 6. The molecule has 2 aromatic rings. The molecule has 1 atom stereocenters. The lowest BCUT2D eigenvalue weighted by Gasteiger charge is -2.40. The molecule has 0 bridgehead atoms. The summed E-state index contributed by atoms with van der Waals surface area (Å²) in [7, 11) is -3.89. The molecule has 2 aliphatic heterocycles. The Kier molecular flexibility index (Phi) is 8.82. The van der Waals surface area contributed by atoms with Crippen molar-refractivity contribution in [1.82, 2.24) is 19.3 Å². The van der Waals surface area contributed by atoms with Crippen molar-refractivity contribution >= 4 is 28.1 Å². The van der Waals surface area contributed by atoms with Gasteiger partial charge in [-0.15, -0.1) is 0 Å². The highest BCUT2D eigenvalue weighted by molar-refractivity contribution is 7.89. The molecular weight excluding hydrogens is 495 g/mol. The van der Waals surface area contributed by atoms with Crippen LogP contribution in [0.2, 0.25) is 0 Å².